The highest BCUT2D eigenvalue weighted by Crippen LogP contribution is 2.48. The van der Waals surface area contributed by atoms with Crippen molar-refractivity contribution in [1.29, 1.82) is 0 Å². The number of hydrogen-bond acceptors (Lipinski definition) is 5. The molecule has 178 valence electrons. The molecule has 0 radical (unpaired) electrons. The maximum atomic E-state index is 13.7. The number of benzene rings is 2. The first-order valence-electron chi connectivity index (χ1n) is 12.2. The Kier molecular flexibility index (Phi) is 5.94. The molecule has 1 amide bonds. The van der Waals surface area contributed by atoms with Crippen molar-refractivity contribution in [2.24, 2.45) is 5.41 Å². The lowest BCUT2D eigenvalue weighted by molar-refractivity contribution is -0.131. The van der Waals surface area contributed by atoms with Crippen LogP contribution in [0.2, 0.25) is 0 Å². The Morgan fingerprint density at radius 2 is 1.65 bits per heavy atom. The predicted molar refractivity (Wildman–Crippen MR) is 136 cm³/mol. The SMILES string of the molecule is CN1CCN(C(=O)CN2c3ccccc3NC3=C(C(=O)CC(C)(C)C3)C2c2ccccc2)CC1. The fraction of sp³-hybridized carbons (Fsp3) is 0.429. The number of anilines is 2. The molecule has 1 N–H and O–H groups in total. The Morgan fingerprint density at radius 3 is 2.38 bits per heavy atom. The molecular formula is C28H34N4O2. The standard InChI is InChI=1S/C28H34N4O2/c1-28(2)17-22-26(24(33)18-28)27(20-9-5-4-6-10-20)32(23-12-8-7-11-21(23)29-22)19-25(34)31-15-13-30(3)14-16-31/h4-12,27,29H,13-19H2,1-3H3. The lowest BCUT2D eigenvalue weighted by atomic mass is 9.73. The van der Waals surface area contributed by atoms with Gasteiger partial charge < -0.3 is 20.0 Å². The van der Waals surface area contributed by atoms with Gasteiger partial charge in [-0.25, -0.2) is 0 Å². The van der Waals surface area contributed by atoms with Crippen molar-refractivity contribution in [2.45, 2.75) is 32.7 Å². The zero-order valence-electron chi connectivity index (χ0n) is 20.4. The fourth-order valence-corrected chi connectivity index (χ4v) is 5.51. The summed E-state index contributed by atoms with van der Waals surface area (Å²) in [6.45, 7) is 7.78. The first-order chi connectivity index (χ1) is 16.3. The maximum absolute atomic E-state index is 13.7. The van der Waals surface area contributed by atoms with Gasteiger partial charge in [-0.3, -0.25) is 9.59 Å². The Morgan fingerprint density at radius 1 is 0.971 bits per heavy atom. The van der Waals surface area contributed by atoms with E-state index in [1.54, 1.807) is 0 Å². The van der Waals surface area contributed by atoms with Crippen LogP contribution in [-0.4, -0.2) is 61.3 Å². The number of allylic oxidation sites excluding steroid dienone is 1. The number of nitrogens with zero attached hydrogens (tertiary/aromatic N) is 3. The summed E-state index contributed by atoms with van der Waals surface area (Å²) in [5.41, 5.74) is 4.62. The second-order valence-corrected chi connectivity index (χ2v) is 10.6. The molecule has 0 bridgehead atoms. The van der Waals surface area contributed by atoms with E-state index in [0.29, 0.717) is 6.42 Å². The second kappa shape index (κ2) is 8.91. The van der Waals surface area contributed by atoms with Crippen molar-refractivity contribution in [3.8, 4) is 0 Å². The highest BCUT2D eigenvalue weighted by atomic mass is 16.2. The second-order valence-electron chi connectivity index (χ2n) is 10.6. The molecule has 2 heterocycles. The molecule has 1 saturated heterocycles. The third kappa shape index (κ3) is 4.34. The van der Waals surface area contributed by atoms with E-state index in [4.69, 9.17) is 0 Å². The average Bonchev–Trinajstić information content (AvgIpc) is 2.94. The average molecular weight is 459 g/mol. The van der Waals surface area contributed by atoms with E-state index >= 15 is 0 Å². The van der Waals surface area contributed by atoms with Crippen molar-refractivity contribution < 1.29 is 9.59 Å². The number of Topliss-reactive ketones (excluding diaryl/α,β-unsaturated/α-hetero) is 1. The summed E-state index contributed by atoms with van der Waals surface area (Å²) < 4.78 is 0. The largest absolute Gasteiger partial charge is 0.357 e. The van der Waals surface area contributed by atoms with Gasteiger partial charge in [-0.1, -0.05) is 56.3 Å². The number of ketones is 1. The molecular weight excluding hydrogens is 424 g/mol. The molecule has 6 heteroatoms. The van der Waals surface area contributed by atoms with Gasteiger partial charge in [0.1, 0.15) is 0 Å². The monoisotopic (exact) mass is 458 g/mol. The Labute approximate surface area is 202 Å². The minimum Gasteiger partial charge on any atom is -0.357 e. The zero-order valence-corrected chi connectivity index (χ0v) is 20.4. The van der Waals surface area contributed by atoms with Gasteiger partial charge in [0, 0.05) is 43.9 Å². The number of carbonyl (C=O) groups is 2. The summed E-state index contributed by atoms with van der Waals surface area (Å²) >= 11 is 0. The van der Waals surface area contributed by atoms with Crippen LogP contribution in [0.25, 0.3) is 0 Å². The van der Waals surface area contributed by atoms with Crippen LogP contribution in [0.3, 0.4) is 0 Å². The molecule has 0 aromatic heterocycles. The van der Waals surface area contributed by atoms with Crippen LogP contribution in [0.1, 0.15) is 38.3 Å². The van der Waals surface area contributed by atoms with E-state index in [0.717, 1.165) is 60.8 Å². The lowest BCUT2D eigenvalue weighted by Crippen LogP contribution is -2.50. The zero-order chi connectivity index (χ0) is 23.9. The topological polar surface area (TPSA) is 55.9 Å². The molecule has 0 saturated carbocycles. The Hall–Kier alpha value is -3.12. The van der Waals surface area contributed by atoms with Crippen LogP contribution in [0, 0.1) is 5.41 Å². The number of fused-ring (bicyclic) bond motifs is 1. The highest BCUT2D eigenvalue weighted by molar-refractivity contribution is 6.01. The molecule has 2 aromatic rings. The molecule has 1 unspecified atom stereocenters. The summed E-state index contributed by atoms with van der Waals surface area (Å²) in [6, 6.07) is 18.0. The summed E-state index contributed by atoms with van der Waals surface area (Å²) in [4.78, 5) is 33.6. The van der Waals surface area contributed by atoms with Gasteiger partial charge in [0.2, 0.25) is 5.91 Å². The van der Waals surface area contributed by atoms with Crippen molar-refractivity contribution in [2.75, 3.05) is 50.0 Å². The smallest absolute Gasteiger partial charge is 0.242 e. The third-order valence-corrected chi connectivity index (χ3v) is 7.28. The normalized spacial score (nSPS) is 22.6. The van der Waals surface area contributed by atoms with E-state index in [2.05, 4.69) is 54.2 Å². The maximum Gasteiger partial charge on any atom is 0.242 e. The molecule has 6 nitrogen and oxygen atoms in total. The van der Waals surface area contributed by atoms with Crippen LogP contribution in [0.5, 0.6) is 0 Å². The van der Waals surface area contributed by atoms with Gasteiger partial charge in [0.15, 0.2) is 5.78 Å². The summed E-state index contributed by atoms with van der Waals surface area (Å²) in [6.07, 6.45) is 1.30. The number of carbonyl (C=O) groups excluding carboxylic acids is 2. The van der Waals surface area contributed by atoms with E-state index in [1.165, 1.54) is 0 Å². The molecule has 1 atom stereocenters. The van der Waals surface area contributed by atoms with Gasteiger partial charge in [-0.05, 0) is 36.6 Å². The van der Waals surface area contributed by atoms with Crippen LogP contribution in [0.4, 0.5) is 11.4 Å². The molecule has 1 fully saturated rings. The Bertz CT molecular complexity index is 1120. The first-order valence-corrected chi connectivity index (χ1v) is 12.2. The number of amides is 1. The number of para-hydroxylation sites is 2. The number of rotatable bonds is 3. The van der Waals surface area contributed by atoms with E-state index in [9.17, 15) is 9.59 Å². The Balaban J connectivity index is 1.62. The lowest BCUT2D eigenvalue weighted by Gasteiger charge is -2.39. The molecule has 0 spiro atoms. The molecule has 2 aromatic carbocycles. The van der Waals surface area contributed by atoms with Crippen molar-refractivity contribution in [3.05, 3.63) is 71.4 Å². The van der Waals surface area contributed by atoms with E-state index < -0.39 is 0 Å². The minimum absolute atomic E-state index is 0.107. The highest BCUT2D eigenvalue weighted by Gasteiger charge is 2.42. The summed E-state index contributed by atoms with van der Waals surface area (Å²) in [7, 11) is 2.09. The fourth-order valence-electron chi connectivity index (χ4n) is 5.51. The first kappa shape index (κ1) is 22.7. The number of hydrogen-bond donors (Lipinski definition) is 1. The predicted octanol–water partition coefficient (Wildman–Crippen LogP) is 4.08. The van der Waals surface area contributed by atoms with Gasteiger partial charge in [-0.2, -0.15) is 0 Å². The van der Waals surface area contributed by atoms with Crippen molar-refractivity contribution in [1.82, 2.24) is 9.80 Å². The van der Waals surface area contributed by atoms with Crippen molar-refractivity contribution >= 4 is 23.1 Å². The van der Waals surface area contributed by atoms with Gasteiger partial charge in [0.25, 0.3) is 0 Å². The molecule has 34 heavy (non-hydrogen) atoms. The van der Waals surface area contributed by atoms with Crippen LogP contribution in [-0.2, 0) is 9.59 Å². The molecule has 5 rings (SSSR count). The van der Waals surface area contributed by atoms with Crippen LogP contribution in [0.15, 0.2) is 65.9 Å². The van der Waals surface area contributed by atoms with Crippen LogP contribution >= 0.6 is 0 Å². The summed E-state index contributed by atoms with van der Waals surface area (Å²) in [5, 5.41) is 3.62. The molecule has 3 aliphatic rings. The molecule has 1 aliphatic carbocycles. The van der Waals surface area contributed by atoms with E-state index in [1.807, 2.05) is 41.3 Å². The van der Waals surface area contributed by atoms with Gasteiger partial charge in [-0.15, -0.1) is 0 Å². The number of likely N-dealkylation sites (N-methyl/N-ethyl adjacent to an activating group) is 1. The van der Waals surface area contributed by atoms with Gasteiger partial charge in [0.05, 0.1) is 24.0 Å². The quantitative estimate of drug-likeness (QED) is 0.751. The van der Waals surface area contributed by atoms with Crippen molar-refractivity contribution in [3.63, 3.8) is 0 Å². The van der Waals surface area contributed by atoms with E-state index in [-0.39, 0.29) is 29.7 Å². The summed E-state index contributed by atoms with van der Waals surface area (Å²) in [5.74, 6) is 0.272. The number of piperazine rings is 1. The van der Waals surface area contributed by atoms with Crippen LogP contribution < -0.4 is 10.2 Å². The third-order valence-electron chi connectivity index (χ3n) is 7.28. The minimum atomic E-state index is -0.313. The molecule has 2 aliphatic heterocycles. The number of nitrogens with one attached hydrogen (secondary N) is 1. The van der Waals surface area contributed by atoms with Gasteiger partial charge >= 0.3 is 0 Å².